The minimum atomic E-state index is -0.0479. The van der Waals surface area contributed by atoms with Gasteiger partial charge < -0.3 is 4.90 Å². The summed E-state index contributed by atoms with van der Waals surface area (Å²) in [5, 5.41) is 6.49. The van der Waals surface area contributed by atoms with Crippen LogP contribution in [-0.2, 0) is 6.42 Å². The molecule has 0 saturated carbocycles. The molecule has 0 fully saturated rings. The van der Waals surface area contributed by atoms with E-state index in [-0.39, 0.29) is 11.9 Å². The minimum Gasteiger partial charge on any atom is -0.305 e. The lowest BCUT2D eigenvalue weighted by atomic mass is 10.1. The summed E-state index contributed by atoms with van der Waals surface area (Å²) in [5.74, 6) is -0.0479. The number of para-hydroxylation sites is 1. The van der Waals surface area contributed by atoms with E-state index in [2.05, 4.69) is 23.1 Å². The predicted molar refractivity (Wildman–Crippen MR) is 103 cm³/mol. The molecule has 0 N–H and O–H groups in total. The topological polar surface area (TPSA) is 50.5 Å². The third kappa shape index (κ3) is 2.19. The van der Waals surface area contributed by atoms with Gasteiger partial charge in [-0.1, -0.05) is 24.3 Å². The van der Waals surface area contributed by atoms with Crippen LogP contribution in [0.25, 0.3) is 16.2 Å². The Bertz CT molecular complexity index is 1120. The molecule has 6 heteroatoms. The highest BCUT2D eigenvalue weighted by Crippen LogP contribution is 2.34. The molecular weight excluding hydrogens is 344 g/mol. The van der Waals surface area contributed by atoms with E-state index < -0.39 is 0 Å². The third-order valence-corrected chi connectivity index (χ3v) is 5.72. The SMILES string of the molecule is CC1Cc2ccccc2N1C(=O)c1cnn2c(-c3cccs3)ccnc12. The summed E-state index contributed by atoms with van der Waals surface area (Å²) in [5.41, 5.74) is 4.26. The second-order valence-corrected chi connectivity index (χ2v) is 7.41. The van der Waals surface area contributed by atoms with Gasteiger partial charge in [-0.2, -0.15) is 5.10 Å². The summed E-state index contributed by atoms with van der Waals surface area (Å²) in [6.45, 7) is 2.08. The maximum atomic E-state index is 13.3. The molecule has 1 aliphatic rings. The van der Waals surface area contributed by atoms with E-state index in [1.807, 2.05) is 46.7 Å². The molecule has 128 valence electrons. The van der Waals surface area contributed by atoms with Gasteiger partial charge in [-0.3, -0.25) is 4.79 Å². The van der Waals surface area contributed by atoms with Gasteiger partial charge in [0.1, 0.15) is 5.56 Å². The van der Waals surface area contributed by atoms with Crippen molar-refractivity contribution in [1.82, 2.24) is 14.6 Å². The molecule has 26 heavy (non-hydrogen) atoms. The predicted octanol–water partition coefficient (Wildman–Crippen LogP) is 4.05. The molecule has 5 nitrogen and oxygen atoms in total. The quantitative estimate of drug-likeness (QED) is 0.542. The molecular formula is C20H16N4OS. The Labute approximate surface area is 154 Å². The Morgan fingerprint density at radius 1 is 1.19 bits per heavy atom. The van der Waals surface area contributed by atoms with E-state index in [0.717, 1.165) is 22.7 Å². The number of hydrogen-bond acceptors (Lipinski definition) is 4. The lowest BCUT2D eigenvalue weighted by Crippen LogP contribution is -2.35. The zero-order valence-electron chi connectivity index (χ0n) is 14.2. The second-order valence-electron chi connectivity index (χ2n) is 6.46. The zero-order valence-corrected chi connectivity index (χ0v) is 15.0. The van der Waals surface area contributed by atoms with E-state index in [1.54, 1.807) is 28.2 Å². The van der Waals surface area contributed by atoms with Crippen molar-refractivity contribution >= 4 is 28.6 Å². The molecule has 4 aromatic rings. The average Bonchev–Trinajstić information content (AvgIpc) is 3.38. The number of carbonyl (C=O) groups excluding carboxylic acids is 1. The normalized spacial score (nSPS) is 16.2. The van der Waals surface area contributed by atoms with Crippen molar-refractivity contribution in [3.05, 3.63) is 71.4 Å². The van der Waals surface area contributed by atoms with Gasteiger partial charge in [-0.25, -0.2) is 9.50 Å². The van der Waals surface area contributed by atoms with E-state index in [4.69, 9.17) is 0 Å². The average molecular weight is 360 g/mol. The molecule has 1 aromatic carbocycles. The molecule has 3 aromatic heterocycles. The van der Waals surface area contributed by atoms with Gasteiger partial charge in [0.05, 0.1) is 16.8 Å². The summed E-state index contributed by atoms with van der Waals surface area (Å²) >= 11 is 1.64. The molecule has 0 spiro atoms. The lowest BCUT2D eigenvalue weighted by Gasteiger charge is -2.22. The van der Waals surface area contributed by atoms with E-state index >= 15 is 0 Å². The highest BCUT2D eigenvalue weighted by molar-refractivity contribution is 7.13. The van der Waals surface area contributed by atoms with Crippen molar-refractivity contribution in [2.75, 3.05) is 4.90 Å². The van der Waals surface area contributed by atoms with Crippen molar-refractivity contribution in [3.8, 4) is 10.6 Å². The molecule has 0 saturated heterocycles. The number of rotatable bonds is 2. The van der Waals surface area contributed by atoms with Gasteiger partial charge in [0, 0.05) is 17.9 Å². The monoisotopic (exact) mass is 360 g/mol. The number of amides is 1. The summed E-state index contributed by atoms with van der Waals surface area (Å²) in [4.78, 5) is 20.7. The first-order valence-electron chi connectivity index (χ1n) is 8.52. The number of benzene rings is 1. The van der Waals surface area contributed by atoms with Gasteiger partial charge in [-0.05, 0) is 42.5 Å². The molecule has 1 amide bonds. The van der Waals surface area contributed by atoms with Crippen LogP contribution in [0.5, 0.6) is 0 Å². The van der Waals surface area contributed by atoms with Gasteiger partial charge in [-0.15, -0.1) is 11.3 Å². The van der Waals surface area contributed by atoms with Crippen LogP contribution in [0.15, 0.2) is 60.2 Å². The first-order chi connectivity index (χ1) is 12.7. The van der Waals surface area contributed by atoms with Crippen LogP contribution >= 0.6 is 11.3 Å². The number of nitrogens with zero attached hydrogens (tertiary/aromatic N) is 4. The van der Waals surface area contributed by atoms with Crippen molar-refractivity contribution < 1.29 is 4.79 Å². The number of anilines is 1. The van der Waals surface area contributed by atoms with E-state index in [1.165, 1.54) is 5.56 Å². The fourth-order valence-electron chi connectivity index (χ4n) is 3.66. The number of thiophene rings is 1. The first kappa shape index (κ1) is 15.3. The largest absolute Gasteiger partial charge is 0.305 e. The van der Waals surface area contributed by atoms with Crippen LogP contribution in [0, 0.1) is 0 Å². The molecule has 0 radical (unpaired) electrons. The third-order valence-electron chi connectivity index (χ3n) is 4.83. The van der Waals surface area contributed by atoms with Crippen LogP contribution in [0.2, 0.25) is 0 Å². The maximum absolute atomic E-state index is 13.3. The Balaban J connectivity index is 1.62. The summed E-state index contributed by atoms with van der Waals surface area (Å²) in [6, 6.07) is 14.2. The zero-order chi connectivity index (χ0) is 17.7. The Kier molecular flexibility index (Phi) is 3.39. The van der Waals surface area contributed by atoms with Gasteiger partial charge >= 0.3 is 0 Å². The fraction of sp³-hybridized carbons (Fsp3) is 0.150. The standard InChI is InChI=1S/C20H16N4OS/c1-13-11-14-5-2-3-6-16(14)23(13)20(25)15-12-22-24-17(8-9-21-19(15)24)18-7-4-10-26-18/h2-10,12-13H,11H2,1H3. The molecule has 1 aliphatic heterocycles. The molecule has 0 aliphatic carbocycles. The van der Waals surface area contributed by atoms with Crippen molar-refractivity contribution in [2.24, 2.45) is 0 Å². The molecule has 1 unspecified atom stereocenters. The summed E-state index contributed by atoms with van der Waals surface area (Å²) in [7, 11) is 0. The number of hydrogen-bond donors (Lipinski definition) is 0. The van der Waals surface area contributed by atoms with E-state index in [9.17, 15) is 4.79 Å². The van der Waals surface area contributed by atoms with Crippen molar-refractivity contribution in [3.63, 3.8) is 0 Å². The molecule has 1 atom stereocenters. The van der Waals surface area contributed by atoms with Gasteiger partial charge in [0.2, 0.25) is 0 Å². The lowest BCUT2D eigenvalue weighted by molar-refractivity contribution is 0.0983. The number of fused-ring (bicyclic) bond motifs is 2. The van der Waals surface area contributed by atoms with Crippen LogP contribution in [-0.4, -0.2) is 26.5 Å². The second kappa shape index (κ2) is 5.78. The number of aromatic nitrogens is 3. The smallest absolute Gasteiger partial charge is 0.264 e. The summed E-state index contributed by atoms with van der Waals surface area (Å²) in [6.07, 6.45) is 4.24. The first-order valence-corrected chi connectivity index (χ1v) is 9.40. The van der Waals surface area contributed by atoms with Crippen LogP contribution in [0.3, 0.4) is 0 Å². The Hall–Kier alpha value is -2.99. The molecule has 4 heterocycles. The van der Waals surface area contributed by atoms with Gasteiger partial charge in [0.15, 0.2) is 5.65 Å². The molecule has 0 bridgehead atoms. The minimum absolute atomic E-state index is 0.0479. The Morgan fingerprint density at radius 3 is 2.92 bits per heavy atom. The maximum Gasteiger partial charge on any atom is 0.264 e. The van der Waals surface area contributed by atoms with Crippen molar-refractivity contribution in [1.29, 1.82) is 0 Å². The van der Waals surface area contributed by atoms with Crippen molar-refractivity contribution in [2.45, 2.75) is 19.4 Å². The number of carbonyl (C=O) groups is 1. The highest BCUT2D eigenvalue weighted by Gasteiger charge is 2.33. The molecule has 5 rings (SSSR count). The van der Waals surface area contributed by atoms with E-state index in [0.29, 0.717) is 11.2 Å². The van der Waals surface area contributed by atoms with Crippen LogP contribution in [0.4, 0.5) is 5.69 Å². The Morgan fingerprint density at radius 2 is 2.08 bits per heavy atom. The fourth-order valence-corrected chi connectivity index (χ4v) is 4.39. The van der Waals surface area contributed by atoms with Crippen LogP contribution in [0.1, 0.15) is 22.8 Å². The summed E-state index contributed by atoms with van der Waals surface area (Å²) < 4.78 is 1.76. The van der Waals surface area contributed by atoms with Crippen LogP contribution < -0.4 is 4.90 Å². The highest BCUT2D eigenvalue weighted by atomic mass is 32.1. The van der Waals surface area contributed by atoms with Gasteiger partial charge in [0.25, 0.3) is 5.91 Å².